The minimum atomic E-state index is -4.16. The third-order valence-electron chi connectivity index (χ3n) is 8.66. The van der Waals surface area contributed by atoms with Crippen LogP contribution in [0.3, 0.4) is 0 Å². The Morgan fingerprint density at radius 2 is 1.50 bits per heavy atom. The Hall–Kier alpha value is -5.05. The van der Waals surface area contributed by atoms with Gasteiger partial charge in [-0.3, -0.25) is 28.9 Å². The van der Waals surface area contributed by atoms with Gasteiger partial charge in [0.2, 0.25) is 5.78 Å². The van der Waals surface area contributed by atoms with Crippen LogP contribution < -0.4 is 10.5 Å². The molecule has 5 rings (SSSR count). The lowest BCUT2D eigenvalue weighted by Gasteiger charge is -2.35. The van der Waals surface area contributed by atoms with Gasteiger partial charge in [0.15, 0.2) is 5.58 Å². The summed E-state index contributed by atoms with van der Waals surface area (Å²) in [7, 11) is -4.16. The molecule has 0 aliphatic carbocycles. The van der Waals surface area contributed by atoms with Crippen LogP contribution in [0.1, 0.15) is 71.9 Å². The van der Waals surface area contributed by atoms with Gasteiger partial charge in [-0.15, -0.1) is 0 Å². The third-order valence-corrected chi connectivity index (χ3v) is 10.0. The van der Waals surface area contributed by atoms with E-state index in [4.69, 9.17) is 10.2 Å². The van der Waals surface area contributed by atoms with Crippen LogP contribution in [0.5, 0.6) is 0 Å². The van der Waals surface area contributed by atoms with E-state index in [9.17, 15) is 32.4 Å². The lowest BCUT2D eigenvalue weighted by atomic mass is 9.96. The van der Waals surface area contributed by atoms with Gasteiger partial charge in [0, 0.05) is 11.1 Å². The number of aromatic nitrogens is 1. The number of benzene rings is 3. The highest BCUT2D eigenvalue weighted by Crippen LogP contribution is 2.29. The monoisotopic (exact) mass is 701 g/mol. The van der Waals surface area contributed by atoms with Crippen LogP contribution in [0.4, 0.5) is 0 Å². The van der Waals surface area contributed by atoms with Crippen molar-refractivity contribution in [1.82, 2.24) is 19.5 Å². The van der Waals surface area contributed by atoms with Gasteiger partial charge >= 0.3 is 0 Å². The highest BCUT2D eigenvalue weighted by Gasteiger charge is 2.46. The molecule has 1 fully saturated rings. The number of hydrogen-bond donors (Lipinski definition) is 2. The first-order valence-corrected chi connectivity index (χ1v) is 17.7. The van der Waals surface area contributed by atoms with Crippen molar-refractivity contribution in [3.8, 4) is 0 Å². The molecule has 50 heavy (non-hydrogen) atoms. The molecule has 14 heteroatoms. The first-order valence-electron chi connectivity index (χ1n) is 16.3. The molecule has 1 saturated heterocycles. The van der Waals surface area contributed by atoms with Crippen LogP contribution in [0.2, 0.25) is 0 Å². The van der Waals surface area contributed by atoms with Crippen LogP contribution in [0.25, 0.3) is 11.1 Å². The number of sulfonamides is 1. The molecule has 13 nitrogen and oxygen atoms in total. The summed E-state index contributed by atoms with van der Waals surface area (Å²) in [6.07, 6.45) is 0.786. The maximum atomic E-state index is 14.3. The number of nitrogens with two attached hydrogens (primary N) is 1. The second-order valence-electron chi connectivity index (χ2n) is 12.8. The quantitative estimate of drug-likeness (QED) is 0.171. The summed E-state index contributed by atoms with van der Waals surface area (Å²) in [5.41, 5.74) is 6.96. The molecule has 2 heterocycles. The Kier molecular flexibility index (Phi) is 10.7. The van der Waals surface area contributed by atoms with Gasteiger partial charge in [0.05, 0.1) is 23.0 Å². The zero-order chi connectivity index (χ0) is 36.3. The number of hydrogen-bond acceptors (Lipinski definition) is 11. The lowest BCUT2D eigenvalue weighted by molar-refractivity contribution is -0.145. The smallest absolute Gasteiger partial charge is 0.267 e. The summed E-state index contributed by atoms with van der Waals surface area (Å²) in [5.74, 6) is -4.91. The van der Waals surface area contributed by atoms with E-state index in [1.165, 1.54) is 48.5 Å². The SMILES string of the molecule is CC(C)[C@H](N)C(=O)N(C(=O)c1ccc(C(=O)NS(=O)(=O)c2ccccc2)cc1)C(=O)[C@@H]1CCCN1[C@H](C(=O)c1nc2ccccc2o1)C(C)C. The Bertz CT molecular complexity index is 1990. The van der Waals surface area contributed by atoms with Crippen molar-refractivity contribution >= 4 is 50.5 Å². The van der Waals surface area contributed by atoms with Crippen LogP contribution >= 0.6 is 0 Å². The van der Waals surface area contributed by atoms with Crippen LogP contribution in [-0.2, 0) is 19.6 Å². The number of para-hydroxylation sites is 2. The number of carbonyl (C=O) groups is 5. The number of nitrogens with zero attached hydrogens (tertiary/aromatic N) is 3. The third kappa shape index (κ3) is 7.42. The van der Waals surface area contributed by atoms with Gasteiger partial charge in [-0.25, -0.2) is 23.0 Å². The molecular weight excluding hydrogens is 662 g/mol. The molecule has 1 aliphatic heterocycles. The van der Waals surface area contributed by atoms with Crippen molar-refractivity contribution in [2.24, 2.45) is 17.6 Å². The molecule has 4 amide bonds. The van der Waals surface area contributed by atoms with Crippen molar-refractivity contribution in [3.63, 3.8) is 0 Å². The zero-order valence-electron chi connectivity index (χ0n) is 28.1. The number of fused-ring (bicyclic) bond motifs is 1. The molecule has 0 bridgehead atoms. The normalized spacial score (nSPS) is 16.3. The van der Waals surface area contributed by atoms with Gasteiger partial charge in [-0.1, -0.05) is 58.0 Å². The van der Waals surface area contributed by atoms with E-state index in [0.717, 1.165) is 0 Å². The number of oxazole rings is 1. The topological polar surface area (TPSA) is 190 Å². The van der Waals surface area contributed by atoms with E-state index in [0.29, 0.717) is 29.0 Å². The second-order valence-corrected chi connectivity index (χ2v) is 14.5. The molecule has 3 N–H and O–H groups in total. The van der Waals surface area contributed by atoms with Crippen molar-refractivity contribution in [2.45, 2.75) is 63.6 Å². The lowest BCUT2D eigenvalue weighted by Crippen LogP contribution is -2.58. The summed E-state index contributed by atoms with van der Waals surface area (Å²) >= 11 is 0. The minimum Gasteiger partial charge on any atom is -0.434 e. The van der Waals surface area contributed by atoms with E-state index < -0.39 is 63.5 Å². The van der Waals surface area contributed by atoms with Crippen molar-refractivity contribution in [3.05, 3.63) is 95.9 Å². The van der Waals surface area contributed by atoms with Gasteiger partial charge in [-0.2, -0.15) is 0 Å². The number of Topliss-reactive ketones (excluding diaryl/α,β-unsaturated/α-hetero) is 1. The highest BCUT2D eigenvalue weighted by atomic mass is 32.2. The minimum absolute atomic E-state index is 0.0800. The fraction of sp³-hybridized carbons (Fsp3) is 0.333. The Labute approximate surface area is 289 Å². The first-order chi connectivity index (χ1) is 23.7. The second kappa shape index (κ2) is 14.8. The van der Waals surface area contributed by atoms with E-state index in [-0.39, 0.29) is 34.3 Å². The van der Waals surface area contributed by atoms with Gasteiger partial charge in [0.1, 0.15) is 5.52 Å². The Balaban J connectivity index is 1.42. The Morgan fingerprint density at radius 3 is 2.12 bits per heavy atom. The summed E-state index contributed by atoms with van der Waals surface area (Å²) < 4.78 is 33.0. The maximum Gasteiger partial charge on any atom is 0.267 e. The van der Waals surface area contributed by atoms with E-state index in [1.807, 2.05) is 18.6 Å². The molecule has 4 aromatic rings. The molecule has 1 aromatic heterocycles. The molecule has 0 saturated carbocycles. The number of rotatable bonds is 11. The van der Waals surface area contributed by atoms with E-state index >= 15 is 0 Å². The van der Waals surface area contributed by atoms with Gasteiger partial charge < -0.3 is 10.2 Å². The zero-order valence-corrected chi connectivity index (χ0v) is 28.9. The van der Waals surface area contributed by atoms with Gasteiger partial charge in [-0.05, 0) is 79.8 Å². The number of imide groups is 3. The molecule has 3 atom stereocenters. The maximum absolute atomic E-state index is 14.3. The van der Waals surface area contributed by atoms with Crippen molar-refractivity contribution < 1.29 is 36.8 Å². The molecule has 3 aromatic carbocycles. The first kappa shape index (κ1) is 36.2. The van der Waals surface area contributed by atoms with Crippen LogP contribution in [0, 0.1) is 11.8 Å². The summed E-state index contributed by atoms with van der Waals surface area (Å²) in [6.45, 7) is 7.37. The van der Waals surface area contributed by atoms with Crippen molar-refractivity contribution in [1.29, 1.82) is 0 Å². The molecular formula is C36H39N5O8S. The average Bonchev–Trinajstić information content (AvgIpc) is 3.76. The number of ketones is 1. The van der Waals surface area contributed by atoms with Crippen LogP contribution in [-0.4, -0.2) is 77.3 Å². The fourth-order valence-electron chi connectivity index (χ4n) is 5.95. The fourth-order valence-corrected chi connectivity index (χ4v) is 6.95. The molecule has 0 radical (unpaired) electrons. The van der Waals surface area contributed by atoms with Crippen molar-refractivity contribution in [2.75, 3.05) is 6.54 Å². The van der Waals surface area contributed by atoms with Crippen LogP contribution in [0.15, 0.2) is 88.2 Å². The summed E-state index contributed by atoms with van der Waals surface area (Å²) in [5, 5.41) is 0. The van der Waals surface area contributed by atoms with E-state index in [2.05, 4.69) is 4.98 Å². The standard InChI is InChI=1S/C36H39N5O8S/c1-21(2)29(37)36(46)41(34(44)24-18-16-23(17-19-24)32(43)39-50(47,48)25-11-6-5-7-12-25)35(45)27-14-10-20-40(27)30(22(3)4)31(42)33-38-26-13-8-9-15-28(26)49-33/h5-9,11-13,15-19,21-22,27,29-30H,10,14,20,37H2,1-4H3,(H,39,43)/t27-,29-,30-/m0/s1. The number of carbonyl (C=O) groups excluding carboxylic acids is 5. The molecule has 0 spiro atoms. The number of nitrogens with one attached hydrogen (secondary N) is 1. The predicted octanol–water partition coefficient (Wildman–Crippen LogP) is 3.80. The molecule has 262 valence electrons. The number of likely N-dealkylation sites (tertiary alicyclic amines) is 1. The average molecular weight is 702 g/mol. The Morgan fingerprint density at radius 1 is 0.880 bits per heavy atom. The molecule has 0 unspecified atom stereocenters. The van der Waals surface area contributed by atoms with E-state index in [1.54, 1.807) is 49.1 Å². The van der Waals surface area contributed by atoms with Gasteiger partial charge in [0.25, 0.3) is 39.5 Å². The highest BCUT2D eigenvalue weighted by molar-refractivity contribution is 7.90. The summed E-state index contributed by atoms with van der Waals surface area (Å²) in [6, 6.07) is 16.1. The largest absolute Gasteiger partial charge is 0.434 e. The number of amides is 4. The molecule has 1 aliphatic rings. The summed E-state index contributed by atoms with van der Waals surface area (Å²) in [4.78, 5) is 75.2. The predicted molar refractivity (Wildman–Crippen MR) is 183 cm³/mol.